The van der Waals surface area contributed by atoms with E-state index in [1.54, 1.807) is 67.0 Å². The van der Waals surface area contributed by atoms with Crippen molar-refractivity contribution in [2.24, 2.45) is 0 Å². The molecule has 0 bridgehead atoms. The second kappa shape index (κ2) is 11.0. The van der Waals surface area contributed by atoms with E-state index in [1.807, 2.05) is 0 Å². The Bertz CT molecular complexity index is 1360. The van der Waals surface area contributed by atoms with Crippen molar-refractivity contribution in [3.05, 3.63) is 88.2 Å². The minimum absolute atomic E-state index is 0.158. The molecule has 0 saturated carbocycles. The van der Waals surface area contributed by atoms with E-state index in [0.29, 0.717) is 38.2 Å². The SMILES string of the molecule is O=C(O)Cc1cccc(-c2noc(-c3ccncc3)c2C(=O)NCCOc2ccc(Cl)cc2Cl)c1. The summed E-state index contributed by atoms with van der Waals surface area (Å²) in [7, 11) is 0. The Balaban J connectivity index is 1.57. The van der Waals surface area contributed by atoms with Crippen LogP contribution in [0.1, 0.15) is 15.9 Å². The van der Waals surface area contributed by atoms with Crippen LogP contribution in [0.25, 0.3) is 22.6 Å². The fourth-order valence-electron chi connectivity index (χ4n) is 3.41. The highest BCUT2D eigenvalue weighted by atomic mass is 35.5. The van der Waals surface area contributed by atoms with Crippen LogP contribution in [0.15, 0.2) is 71.5 Å². The van der Waals surface area contributed by atoms with Crippen molar-refractivity contribution in [1.29, 1.82) is 0 Å². The Morgan fingerprint density at radius 3 is 2.57 bits per heavy atom. The molecule has 0 unspecified atom stereocenters. The number of pyridine rings is 1. The van der Waals surface area contributed by atoms with Crippen LogP contribution in [0, 0.1) is 0 Å². The van der Waals surface area contributed by atoms with E-state index in [1.165, 1.54) is 0 Å². The number of nitrogens with one attached hydrogen (secondary N) is 1. The number of hydrogen-bond acceptors (Lipinski definition) is 6. The largest absolute Gasteiger partial charge is 0.490 e. The first-order chi connectivity index (χ1) is 16.9. The van der Waals surface area contributed by atoms with Crippen molar-refractivity contribution in [2.45, 2.75) is 6.42 Å². The van der Waals surface area contributed by atoms with Crippen molar-refractivity contribution in [3.8, 4) is 28.3 Å². The number of aliphatic carboxylic acids is 1. The van der Waals surface area contributed by atoms with Gasteiger partial charge in [0.25, 0.3) is 5.91 Å². The van der Waals surface area contributed by atoms with E-state index in [9.17, 15) is 9.59 Å². The summed E-state index contributed by atoms with van der Waals surface area (Å²) in [6.45, 7) is 0.337. The van der Waals surface area contributed by atoms with Crippen LogP contribution in [0.5, 0.6) is 5.75 Å². The molecule has 0 spiro atoms. The van der Waals surface area contributed by atoms with E-state index in [2.05, 4.69) is 15.5 Å². The summed E-state index contributed by atoms with van der Waals surface area (Å²) in [5, 5.41) is 16.9. The molecule has 35 heavy (non-hydrogen) atoms. The number of hydrogen-bond donors (Lipinski definition) is 2. The molecule has 1 amide bonds. The average Bonchev–Trinajstić information content (AvgIpc) is 3.28. The lowest BCUT2D eigenvalue weighted by Crippen LogP contribution is -2.28. The van der Waals surface area contributed by atoms with Crippen LogP contribution in [0.4, 0.5) is 0 Å². The number of nitrogens with zero attached hydrogens (tertiary/aromatic N) is 2. The topological polar surface area (TPSA) is 115 Å². The van der Waals surface area contributed by atoms with Crippen LogP contribution < -0.4 is 10.1 Å². The number of carbonyl (C=O) groups is 2. The fraction of sp³-hybridized carbons (Fsp3) is 0.120. The van der Waals surface area contributed by atoms with Gasteiger partial charge in [0, 0.05) is 28.5 Å². The molecule has 0 aliphatic rings. The van der Waals surface area contributed by atoms with Gasteiger partial charge in [-0.25, -0.2) is 0 Å². The number of amides is 1. The van der Waals surface area contributed by atoms with Crippen molar-refractivity contribution >= 4 is 35.1 Å². The number of aromatic nitrogens is 2. The van der Waals surface area contributed by atoms with Gasteiger partial charge in [-0.3, -0.25) is 14.6 Å². The first kappa shape index (κ1) is 24.3. The fourth-order valence-corrected chi connectivity index (χ4v) is 3.87. The summed E-state index contributed by atoms with van der Waals surface area (Å²) < 4.78 is 11.2. The number of carbonyl (C=O) groups excluding carboxylic acids is 1. The van der Waals surface area contributed by atoms with Crippen LogP contribution >= 0.6 is 23.2 Å². The lowest BCUT2D eigenvalue weighted by atomic mass is 10.00. The Kier molecular flexibility index (Phi) is 7.64. The van der Waals surface area contributed by atoms with E-state index in [-0.39, 0.29) is 30.9 Å². The summed E-state index contributed by atoms with van der Waals surface area (Å²) in [6.07, 6.45) is 3.00. The van der Waals surface area contributed by atoms with E-state index in [4.69, 9.17) is 37.6 Å². The number of halogens is 2. The molecule has 178 valence electrons. The molecule has 0 radical (unpaired) electrons. The zero-order chi connectivity index (χ0) is 24.8. The van der Waals surface area contributed by atoms with E-state index >= 15 is 0 Å². The Morgan fingerprint density at radius 2 is 1.83 bits per heavy atom. The minimum atomic E-state index is -0.960. The molecular formula is C25H19Cl2N3O5. The van der Waals surface area contributed by atoms with Crippen molar-refractivity contribution in [3.63, 3.8) is 0 Å². The van der Waals surface area contributed by atoms with Gasteiger partial charge >= 0.3 is 5.97 Å². The molecule has 0 fully saturated rings. The highest BCUT2D eigenvalue weighted by Crippen LogP contribution is 2.32. The van der Waals surface area contributed by atoms with Gasteiger partial charge in [-0.2, -0.15) is 0 Å². The van der Waals surface area contributed by atoms with Gasteiger partial charge in [-0.15, -0.1) is 0 Å². The second-order valence-electron chi connectivity index (χ2n) is 7.42. The molecule has 0 aliphatic heterocycles. The molecule has 0 atom stereocenters. The normalized spacial score (nSPS) is 10.7. The van der Waals surface area contributed by atoms with Gasteiger partial charge in [-0.1, -0.05) is 46.6 Å². The third kappa shape index (κ3) is 5.98. The number of rotatable bonds is 9. The molecule has 0 saturated heterocycles. The van der Waals surface area contributed by atoms with Crippen LogP contribution in [-0.2, 0) is 11.2 Å². The summed E-state index contributed by atoms with van der Waals surface area (Å²) in [6, 6.07) is 15.1. The number of carboxylic acids is 1. The highest BCUT2D eigenvalue weighted by Gasteiger charge is 2.25. The molecule has 2 aromatic heterocycles. The molecule has 2 N–H and O–H groups in total. The molecule has 8 nitrogen and oxygen atoms in total. The van der Waals surface area contributed by atoms with Gasteiger partial charge in [0.05, 0.1) is 18.0 Å². The molecule has 2 heterocycles. The van der Waals surface area contributed by atoms with Gasteiger partial charge in [0.15, 0.2) is 5.76 Å². The van der Waals surface area contributed by atoms with Crippen LogP contribution in [0.2, 0.25) is 10.0 Å². The monoisotopic (exact) mass is 511 g/mol. The van der Waals surface area contributed by atoms with Crippen molar-refractivity contribution < 1.29 is 24.0 Å². The zero-order valence-electron chi connectivity index (χ0n) is 18.2. The number of ether oxygens (including phenoxy) is 1. The molecular weight excluding hydrogens is 493 g/mol. The van der Waals surface area contributed by atoms with Crippen molar-refractivity contribution in [2.75, 3.05) is 13.2 Å². The summed E-state index contributed by atoms with van der Waals surface area (Å²) in [5.74, 6) is -0.671. The molecule has 4 aromatic rings. The Labute approximate surface area is 210 Å². The molecule has 0 aliphatic carbocycles. The first-order valence-electron chi connectivity index (χ1n) is 10.5. The minimum Gasteiger partial charge on any atom is -0.490 e. The number of carboxylic acid groups (broad SMARTS) is 1. The predicted octanol–water partition coefficient (Wildman–Crippen LogP) is 5.15. The van der Waals surface area contributed by atoms with E-state index < -0.39 is 11.9 Å². The Hall–Kier alpha value is -3.88. The van der Waals surface area contributed by atoms with Crippen LogP contribution in [-0.4, -0.2) is 40.3 Å². The van der Waals surface area contributed by atoms with Crippen LogP contribution in [0.3, 0.4) is 0 Å². The zero-order valence-corrected chi connectivity index (χ0v) is 19.7. The van der Waals surface area contributed by atoms with Gasteiger partial charge < -0.3 is 19.7 Å². The molecule has 4 rings (SSSR count). The van der Waals surface area contributed by atoms with E-state index in [0.717, 1.165) is 0 Å². The third-order valence-corrected chi connectivity index (χ3v) is 5.49. The lowest BCUT2D eigenvalue weighted by Gasteiger charge is -2.10. The first-order valence-corrected chi connectivity index (χ1v) is 11.2. The maximum absolute atomic E-state index is 13.3. The molecule has 10 heteroatoms. The summed E-state index contributed by atoms with van der Waals surface area (Å²) in [4.78, 5) is 28.4. The maximum atomic E-state index is 13.3. The quantitative estimate of drug-likeness (QED) is 0.298. The maximum Gasteiger partial charge on any atom is 0.307 e. The van der Waals surface area contributed by atoms with Gasteiger partial charge in [0.1, 0.15) is 23.6 Å². The highest BCUT2D eigenvalue weighted by molar-refractivity contribution is 6.35. The number of benzene rings is 2. The van der Waals surface area contributed by atoms with Gasteiger partial charge in [0.2, 0.25) is 0 Å². The van der Waals surface area contributed by atoms with Crippen molar-refractivity contribution in [1.82, 2.24) is 15.5 Å². The Morgan fingerprint density at radius 1 is 1.03 bits per heavy atom. The molecule has 2 aromatic carbocycles. The second-order valence-corrected chi connectivity index (χ2v) is 8.26. The lowest BCUT2D eigenvalue weighted by molar-refractivity contribution is -0.136. The standard InChI is InChI=1S/C25H19Cl2N3O5/c26-18-4-5-20(19(27)14-18)34-11-10-29-25(33)22-23(17-3-1-2-15(12-17)13-21(31)32)30-35-24(22)16-6-8-28-9-7-16/h1-9,12,14H,10-11,13H2,(H,29,33)(H,31,32). The summed E-state index contributed by atoms with van der Waals surface area (Å²) in [5.41, 5.74) is 2.26. The van der Waals surface area contributed by atoms with Gasteiger partial charge in [-0.05, 0) is 42.0 Å². The smallest absolute Gasteiger partial charge is 0.307 e. The predicted molar refractivity (Wildman–Crippen MR) is 131 cm³/mol. The third-order valence-electron chi connectivity index (χ3n) is 4.96. The average molecular weight is 512 g/mol. The summed E-state index contributed by atoms with van der Waals surface area (Å²) >= 11 is 12.0.